The summed E-state index contributed by atoms with van der Waals surface area (Å²) in [6.07, 6.45) is 0.421. The number of para-hydroxylation sites is 1. The maximum Gasteiger partial charge on any atom is 0.224 e. The van der Waals surface area contributed by atoms with Crippen molar-refractivity contribution in [2.75, 3.05) is 0 Å². The Kier molecular flexibility index (Phi) is 6.85. The van der Waals surface area contributed by atoms with Crippen molar-refractivity contribution in [1.82, 2.24) is 10.6 Å². The van der Waals surface area contributed by atoms with Crippen molar-refractivity contribution in [3.8, 4) is 5.75 Å². The number of carbonyl (C=O) groups is 1. The molecule has 1 heterocycles. The Morgan fingerprint density at radius 3 is 2.72 bits per heavy atom. The van der Waals surface area contributed by atoms with Crippen LogP contribution in [0.15, 0.2) is 42.5 Å². The van der Waals surface area contributed by atoms with Gasteiger partial charge in [-0.2, -0.15) is 0 Å². The van der Waals surface area contributed by atoms with E-state index in [2.05, 4.69) is 28.8 Å². The van der Waals surface area contributed by atoms with Crippen molar-refractivity contribution in [1.29, 1.82) is 0 Å². The molecule has 5 heteroatoms. The van der Waals surface area contributed by atoms with E-state index in [0.29, 0.717) is 13.0 Å². The Labute approximate surface area is 155 Å². The number of amides is 1. The van der Waals surface area contributed by atoms with Gasteiger partial charge in [-0.3, -0.25) is 4.79 Å². The number of rotatable bonds is 6. The van der Waals surface area contributed by atoms with Crippen molar-refractivity contribution >= 4 is 18.3 Å². The summed E-state index contributed by atoms with van der Waals surface area (Å²) in [5, 5.41) is 6.34. The van der Waals surface area contributed by atoms with E-state index < -0.39 is 0 Å². The van der Waals surface area contributed by atoms with E-state index in [-0.39, 0.29) is 24.4 Å². The average molecular weight is 361 g/mol. The van der Waals surface area contributed by atoms with Crippen LogP contribution in [0.4, 0.5) is 0 Å². The third kappa shape index (κ3) is 5.21. The normalized spacial score (nSPS) is 12.4. The number of hydrogen-bond acceptors (Lipinski definition) is 3. The molecule has 134 valence electrons. The predicted molar refractivity (Wildman–Crippen MR) is 102 cm³/mol. The second-order valence-electron chi connectivity index (χ2n) is 6.43. The molecule has 25 heavy (non-hydrogen) atoms. The molecule has 0 fully saturated rings. The van der Waals surface area contributed by atoms with Crippen LogP contribution in [-0.2, 0) is 30.8 Å². The van der Waals surface area contributed by atoms with Crippen LogP contribution in [0.25, 0.3) is 0 Å². The van der Waals surface area contributed by atoms with Crippen molar-refractivity contribution in [2.24, 2.45) is 0 Å². The number of ether oxygens (including phenoxy) is 1. The minimum Gasteiger partial charge on any atom is -0.491 e. The summed E-state index contributed by atoms with van der Waals surface area (Å²) < 4.78 is 5.77. The highest BCUT2D eigenvalue weighted by Crippen LogP contribution is 2.20. The molecule has 0 saturated heterocycles. The lowest BCUT2D eigenvalue weighted by Gasteiger charge is -2.14. The van der Waals surface area contributed by atoms with Crippen molar-refractivity contribution in [3.05, 3.63) is 64.7 Å². The first kappa shape index (κ1) is 19.3. The van der Waals surface area contributed by atoms with Gasteiger partial charge in [0.15, 0.2) is 0 Å². The molecule has 3 rings (SSSR count). The van der Waals surface area contributed by atoms with E-state index in [1.807, 2.05) is 38.1 Å². The van der Waals surface area contributed by atoms with Crippen LogP contribution in [0.2, 0.25) is 0 Å². The molecule has 1 aliphatic rings. The number of carbonyl (C=O) groups excluding carboxylic acids is 1. The highest BCUT2D eigenvalue weighted by atomic mass is 35.5. The quantitative estimate of drug-likeness (QED) is 0.830. The molecule has 0 aliphatic carbocycles. The summed E-state index contributed by atoms with van der Waals surface area (Å²) in [7, 11) is 0. The lowest BCUT2D eigenvalue weighted by atomic mass is 10.1. The third-order valence-corrected chi connectivity index (χ3v) is 4.08. The maximum atomic E-state index is 12.3. The van der Waals surface area contributed by atoms with Crippen LogP contribution >= 0.6 is 12.4 Å². The lowest BCUT2D eigenvalue weighted by Crippen LogP contribution is -2.25. The molecule has 0 radical (unpaired) electrons. The molecule has 4 nitrogen and oxygen atoms in total. The lowest BCUT2D eigenvalue weighted by molar-refractivity contribution is -0.120. The van der Waals surface area contributed by atoms with Gasteiger partial charge in [0, 0.05) is 25.2 Å². The molecule has 0 unspecified atom stereocenters. The first-order chi connectivity index (χ1) is 11.6. The average Bonchev–Trinajstić information content (AvgIpc) is 3.02. The molecular weight excluding hydrogens is 336 g/mol. The number of nitrogens with one attached hydrogen (secondary N) is 2. The summed E-state index contributed by atoms with van der Waals surface area (Å²) in [6.45, 7) is 6.38. The summed E-state index contributed by atoms with van der Waals surface area (Å²) in [5.41, 5.74) is 4.74. The van der Waals surface area contributed by atoms with Gasteiger partial charge in [-0.25, -0.2) is 0 Å². The zero-order chi connectivity index (χ0) is 16.9. The third-order valence-electron chi connectivity index (χ3n) is 4.08. The molecule has 0 bridgehead atoms. The first-order valence-corrected chi connectivity index (χ1v) is 8.44. The number of hydrogen-bond donors (Lipinski definition) is 2. The minimum atomic E-state index is 0. The fourth-order valence-corrected chi connectivity index (χ4v) is 2.91. The maximum absolute atomic E-state index is 12.3. The molecule has 2 aromatic rings. The smallest absolute Gasteiger partial charge is 0.224 e. The van der Waals surface area contributed by atoms with Crippen molar-refractivity contribution < 1.29 is 9.53 Å². The molecule has 0 aromatic heterocycles. The van der Waals surface area contributed by atoms with Crippen LogP contribution in [0, 0.1) is 0 Å². The van der Waals surface area contributed by atoms with Crippen molar-refractivity contribution in [3.63, 3.8) is 0 Å². The Morgan fingerprint density at radius 1 is 1.16 bits per heavy atom. The first-order valence-electron chi connectivity index (χ1n) is 8.44. The molecule has 0 atom stereocenters. The summed E-state index contributed by atoms with van der Waals surface area (Å²) >= 11 is 0. The van der Waals surface area contributed by atoms with Crippen LogP contribution < -0.4 is 15.4 Å². The monoisotopic (exact) mass is 360 g/mol. The van der Waals surface area contributed by atoms with E-state index in [0.717, 1.165) is 30.0 Å². The summed E-state index contributed by atoms with van der Waals surface area (Å²) in [5.74, 6) is 0.791. The Morgan fingerprint density at radius 2 is 1.92 bits per heavy atom. The number of fused-ring (bicyclic) bond motifs is 1. The number of benzene rings is 2. The highest BCUT2D eigenvalue weighted by Gasteiger charge is 2.12. The van der Waals surface area contributed by atoms with Gasteiger partial charge in [-0.05, 0) is 36.6 Å². The van der Waals surface area contributed by atoms with E-state index in [4.69, 9.17) is 4.74 Å². The van der Waals surface area contributed by atoms with Gasteiger partial charge in [-0.1, -0.05) is 36.4 Å². The van der Waals surface area contributed by atoms with Crippen molar-refractivity contribution in [2.45, 2.75) is 46.0 Å². The Balaban J connectivity index is 0.00000225. The molecule has 2 aromatic carbocycles. The second-order valence-corrected chi connectivity index (χ2v) is 6.43. The highest BCUT2D eigenvalue weighted by molar-refractivity contribution is 5.85. The largest absolute Gasteiger partial charge is 0.491 e. The molecule has 0 saturated carbocycles. The SMILES string of the molecule is CC(C)Oc1ccccc1CC(=O)NCc1ccc2c(c1)CNC2.Cl. The van der Waals surface area contributed by atoms with Gasteiger partial charge in [0.25, 0.3) is 0 Å². The van der Waals surface area contributed by atoms with E-state index in [1.165, 1.54) is 11.1 Å². The van der Waals surface area contributed by atoms with Gasteiger partial charge in [0.05, 0.1) is 12.5 Å². The van der Waals surface area contributed by atoms with E-state index >= 15 is 0 Å². The zero-order valence-electron chi connectivity index (χ0n) is 14.7. The van der Waals surface area contributed by atoms with Crippen LogP contribution in [0.1, 0.15) is 36.1 Å². The minimum absolute atomic E-state index is 0. The molecular formula is C20H25ClN2O2. The standard InChI is InChI=1S/C20H24N2O2.ClH/c1-14(2)24-19-6-4-3-5-16(19)10-20(23)22-11-15-7-8-17-12-21-13-18(17)9-15;/h3-9,14,21H,10-13H2,1-2H3,(H,22,23);1H. The molecule has 1 amide bonds. The predicted octanol–water partition coefficient (Wildman–Crippen LogP) is 3.36. The summed E-state index contributed by atoms with van der Waals surface area (Å²) in [4.78, 5) is 12.3. The summed E-state index contributed by atoms with van der Waals surface area (Å²) in [6, 6.07) is 14.1. The van der Waals surface area contributed by atoms with Gasteiger partial charge in [0.1, 0.15) is 5.75 Å². The Hall–Kier alpha value is -2.04. The van der Waals surface area contributed by atoms with E-state index in [1.54, 1.807) is 0 Å². The molecule has 0 spiro atoms. The van der Waals surface area contributed by atoms with E-state index in [9.17, 15) is 4.79 Å². The van der Waals surface area contributed by atoms with Gasteiger partial charge in [0.2, 0.25) is 5.91 Å². The number of halogens is 1. The van der Waals surface area contributed by atoms with Gasteiger partial charge >= 0.3 is 0 Å². The molecule has 1 aliphatic heterocycles. The van der Waals surface area contributed by atoms with Crippen LogP contribution in [0.5, 0.6) is 5.75 Å². The molecule has 2 N–H and O–H groups in total. The van der Waals surface area contributed by atoms with Gasteiger partial charge in [-0.15, -0.1) is 12.4 Å². The topological polar surface area (TPSA) is 50.4 Å². The fraction of sp³-hybridized carbons (Fsp3) is 0.350. The van der Waals surface area contributed by atoms with Crippen LogP contribution in [0.3, 0.4) is 0 Å². The van der Waals surface area contributed by atoms with Gasteiger partial charge < -0.3 is 15.4 Å². The Bertz CT molecular complexity index is 731. The fourth-order valence-electron chi connectivity index (χ4n) is 2.91. The zero-order valence-corrected chi connectivity index (χ0v) is 15.5. The van der Waals surface area contributed by atoms with Crippen LogP contribution in [-0.4, -0.2) is 12.0 Å². The second kappa shape index (κ2) is 8.88.